The Labute approximate surface area is 179 Å². The summed E-state index contributed by atoms with van der Waals surface area (Å²) in [5.41, 5.74) is 0.971. The molecule has 156 valence electrons. The van der Waals surface area contributed by atoms with Crippen molar-refractivity contribution in [3.05, 3.63) is 39.9 Å². The van der Waals surface area contributed by atoms with Gasteiger partial charge in [0.05, 0.1) is 10.3 Å². The SMILES string of the molecule is O=C(N1CCN(Cc2cccc([N+](=O)[O-])c2)CC1)C12CC3CC(CC(Br)(C3)C1)C2. The number of nitrogens with zero attached hydrogens (tertiary/aromatic N) is 3. The number of carbonyl (C=O) groups excluding carboxylic acids is 1. The van der Waals surface area contributed by atoms with Crippen LogP contribution in [0, 0.1) is 27.4 Å². The monoisotopic (exact) mass is 461 g/mol. The van der Waals surface area contributed by atoms with E-state index in [0.717, 1.165) is 62.8 Å². The molecule has 2 atom stereocenters. The molecular formula is C22H28BrN3O3. The summed E-state index contributed by atoms with van der Waals surface area (Å²) < 4.78 is 0.205. The number of carbonyl (C=O) groups is 1. The van der Waals surface area contributed by atoms with E-state index in [4.69, 9.17) is 0 Å². The van der Waals surface area contributed by atoms with Crippen molar-refractivity contribution < 1.29 is 9.72 Å². The summed E-state index contributed by atoms with van der Waals surface area (Å²) in [6.45, 7) is 3.89. The molecule has 1 amide bonds. The lowest BCUT2D eigenvalue weighted by Gasteiger charge is -2.60. The molecule has 0 aromatic heterocycles. The number of nitro groups is 1. The molecule has 4 bridgehead atoms. The van der Waals surface area contributed by atoms with Gasteiger partial charge in [-0.2, -0.15) is 0 Å². The molecular weight excluding hydrogens is 434 g/mol. The molecule has 0 radical (unpaired) electrons. The summed E-state index contributed by atoms with van der Waals surface area (Å²) in [6, 6.07) is 6.87. The van der Waals surface area contributed by atoms with Crippen molar-refractivity contribution in [2.24, 2.45) is 17.3 Å². The van der Waals surface area contributed by atoms with Crippen molar-refractivity contribution in [3.63, 3.8) is 0 Å². The second-order valence-electron chi connectivity index (χ2n) is 9.89. The highest BCUT2D eigenvalue weighted by Gasteiger charge is 2.60. The molecule has 6 nitrogen and oxygen atoms in total. The maximum atomic E-state index is 13.6. The van der Waals surface area contributed by atoms with Crippen LogP contribution < -0.4 is 0 Å². The van der Waals surface area contributed by atoms with Crippen LogP contribution in [0.15, 0.2) is 24.3 Å². The molecule has 1 heterocycles. The number of piperazine rings is 1. The van der Waals surface area contributed by atoms with Crippen LogP contribution in [-0.2, 0) is 11.3 Å². The molecule has 0 spiro atoms. The van der Waals surface area contributed by atoms with Crippen molar-refractivity contribution in [2.75, 3.05) is 26.2 Å². The van der Waals surface area contributed by atoms with E-state index in [1.807, 2.05) is 6.07 Å². The number of hydrogen-bond donors (Lipinski definition) is 0. The zero-order valence-electron chi connectivity index (χ0n) is 16.7. The Kier molecular flexibility index (Phi) is 4.74. The number of benzene rings is 1. The number of nitro benzene ring substituents is 1. The third-order valence-electron chi connectivity index (χ3n) is 7.63. The van der Waals surface area contributed by atoms with Crippen LogP contribution in [0.4, 0.5) is 5.69 Å². The first-order valence-corrected chi connectivity index (χ1v) is 11.6. The van der Waals surface area contributed by atoms with Crippen molar-refractivity contribution in [1.82, 2.24) is 9.80 Å². The minimum absolute atomic E-state index is 0.129. The van der Waals surface area contributed by atoms with Crippen molar-refractivity contribution >= 4 is 27.5 Å². The largest absolute Gasteiger partial charge is 0.340 e. The highest BCUT2D eigenvalue weighted by Crippen LogP contribution is 2.64. The van der Waals surface area contributed by atoms with Gasteiger partial charge in [-0.1, -0.05) is 28.1 Å². The predicted molar refractivity (Wildman–Crippen MR) is 114 cm³/mol. The molecule has 1 aliphatic heterocycles. The van der Waals surface area contributed by atoms with E-state index < -0.39 is 0 Å². The molecule has 5 aliphatic rings. The lowest BCUT2D eigenvalue weighted by Crippen LogP contribution is -2.61. The second-order valence-corrected chi connectivity index (χ2v) is 11.6. The Hall–Kier alpha value is -1.47. The molecule has 2 unspecified atom stereocenters. The molecule has 1 aromatic rings. The van der Waals surface area contributed by atoms with E-state index in [0.29, 0.717) is 12.5 Å². The first-order valence-electron chi connectivity index (χ1n) is 10.8. The van der Waals surface area contributed by atoms with Gasteiger partial charge in [-0.3, -0.25) is 19.8 Å². The minimum Gasteiger partial charge on any atom is -0.340 e. The zero-order chi connectivity index (χ0) is 20.2. The van der Waals surface area contributed by atoms with Crippen LogP contribution in [0.3, 0.4) is 0 Å². The maximum Gasteiger partial charge on any atom is 0.269 e. The topological polar surface area (TPSA) is 66.7 Å². The molecule has 4 saturated carbocycles. The van der Waals surface area contributed by atoms with Gasteiger partial charge < -0.3 is 4.90 Å². The highest BCUT2D eigenvalue weighted by atomic mass is 79.9. The zero-order valence-corrected chi connectivity index (χ0v) is 18.3. The Bertz CT molecular complexity index is 822. The van der Waals surface area contributed by atoms with Crippen LogP contribution in [0.5, 0.6) is 0 Å². The van der Waals surface area contributed by atoms with Crippen molar-refractivity contribution in [1.29, 1.82) is 0 Å². The Morgan fingerprint density at radius 3 is 2.45 bits per heavy atom. The summed E-state index contributed by atoms with van der Waals surface area (Å²) in [5.74, 6) is 1.83. The third-order valence-corrected chi connectivity index (χ3v) is 8.56. The Balaban J connectivity index is 1.22. The molecule has 29 heavy (non-hydrogen) atoms. The number of non-ortho nitro benzene ring substituents is 1. The fourth-order valence-electron chi connectivity index (χ4n) is 6.87. The summed E-state index contributed by atoms with van der Waals surface area (Å²) in [6.07, 6.45) is 7.00. The van der Waals surface area contributed by atoms with Gasteiger partial charge in [-0.25, -0.2) is 0 Å². The first kappa shape index (κ1) is 19.5. The smallest absolute Gasteiger partial charge is 0.269 e. The molecule has 1 saturated heterocycles. The normalized spacial score (nSPS) is 36.4. The fraction of sp³-hybridized carbons (Fsp3) is 0.682. The predicted octanol–water partition coefficient (Wildman–Crippen LogP) is 3.97. The van der Waals surface area contributed by atoms with Gasteiger partial charge in [-0.05, 0) is 55.9 Å². The summed E-state index contributed by atoms with van der Waals surface area (Å²) in [4.78, 5) is 28.6. The Morgan fingerprint density at radius 1 is 1.14 bits per heavy atom. The van der Waals surface area contributed by atoms with Gasteiger partial charge in [0.1, 0.15) is 0 Å². The fourth-order valence-corrected chi connectivity index (χ4v) is 8.32. The number of halogens is 1. The standard InChI is InChI=1S/C22H28BrN3O3/c23-22-12-17-8-18(13-22)11-21(10-17,15-22)20(27)25-6-4-24(5-7-25)14-16-2-1-3-19(9-16)26(28)29/h1-3,9,17-18H,4-8,10-15H2. The van der Waals surface area contributed by atoms with Crippen LogP contribution in [0.25, 0.3) is 0 Å². The number of amides is 1. The third kappa shape index (κ3) is 3.61. The quantitative estimate of drug-likeness (QED) is 0.386. The van der Waals surface area contributed by atoms with E-state index in [1.54, 1.807) is 12.1 Å². The van der Waals surface area contributed by atoms with Crippen LogP contribution in [-0.4, -0.2) is 51.1 Å². The summed E-state index contributed by atoms with van der Waals surface area (Å²) >= 11 is 4.02. The van der Waals surface area contributed by atoms with Gasteiger partial charge in [0, 0.05) is 49.2 Å². The second kappa shape index (κ2) is 7.05. The van der Waals surface area contributed by atoms with E-state index in [2.05, 4.69) is 25.7 Å². The molecule has 4 aliphatic carbocycles. The molecule has 1 aromatic carbocycles. The highest BCUT2D eigenvalue weighted by molar-refractivity contribution is 9.10. The summed E-state index contributed by atoms with van der Waals surface area (Å²) in [7, 11) is 0. The van der Waals surface area contributed by atoms with Gasteiger partial charge >= 0.3 is 0 Å². The van der Waals surface area contributed by atoms with E-state index in [9.17, 15) is 14.9 Å². The van der Waals surface area contributed by atoms with Crippen molar-refractivity contribution in [2.45, 2.75) is 49.4 Å². The van der Waals surface area contributed by atoms with Gasteiger partial charge in [0.15, 0.2) is 0 Å². The Morgan fingerprint density at radius 2 is 1.83 bits per heavy atom. The van der Waals surface area contributed by atoms with E-state index in [-0.39, 0.29) is 20.3 Å². The lowest BCUT2D eigenvalue weighted by molar-refractivity contribution is -0.384. The van der Waals surface area contributed by atoms with Crippen LogP contribution >= 0.6 is 15.9 Å². The van der Waals surface area contributed by atoms with Gasteiger partial charge in [0.2, 0.25) is 5.91 Å². The van der Waals surface area contributed by atoms with Gasteiger partial charge in [0.25, 0.3) is 5.69 Å². The van der Waals surface area contributed by atoms with Gasteiger partial charge in [-0.15, -0.1) is 0 Å². The first-order chi connectivity index (χ1) is 13.8. The molecule has 6 rings (SSSR count). The lowest BCUT2D eigenvalue weighted by atomic mass is 9.49. The molecule has 0 N–H and O–H groups in total. The van der Waals surface area contributed by atoms with Crippen LogP contribution in [0.1, 0.15) is 44.1 Å². The average Bonchev–Trinajstić information content (AvgIpc) is 2.66. The molecule has 5 fully saturated rings. The number of rotatable bonds is 4. The summed E-state index contributed by atoms with van der Waals surface area (Å²) in [5, 5.41) is 11.0. The molecule has 7 heteroatoms. The van der Waals surface area contributed by atoms with Crippen LogP contribution in [0.2, 0.25) is 0 Å². The average molecular weight is 462 g/mol. The van der Waals surface area contributed by atoms with Crippen molar-refractivity contribution in [3.8, 4) is 0 Å². The van der Waals surface area contributed by atoms with E-state index >= 15 is 0 Å². The number of alkyl halides is 1. The minimum atomic E-state index is -0.345. The van der Waals surface area contributed by atoms with E-state index in [1.165, 1.54) is 25.3 Å². The number of hydrogen-bond acceptors (Lipinski definition) is 4. The maximum absolute atomic E-state index is 13.6.